The van der Waals surface area contributed by atoms with Gasteiger partial charge in [0.15, 0.2) is 0 Å². The Morgan fingerprint density at radius 3 is 2.68 bits per heavy atom. The number of halogens is 1. The van der Waals surface area contributed by atoms with E-state index in [0.29, 0.717) is 5.15 Å². The lowest BCUT2D eigenvalue weighted by molar-refractivity contribution is 0.933. The molecule has 100 valence electrons. The summed E-state index contributed by atoms with van der Waals surface area (Å²) in [5.74, 6) is 1.53. The van der Waals surface area contributed by atoms with Crippen LogP contribution >= 0.6 is 23.4 Å². The van der Waals surface area contributed by atoms with Crippen molar-refractivity contribution in [2.75, 3.05) is 11.6 Å². The molecule has 0 aliphatic carbocycles. The Bertz CT molecular complexity index is 587. The number of hydrogen-bond donors (Lipinski definition) is 1. The maximum atomic E-state index is 6.14. The summed E-state index contributed by atoms with van der Waals surface area (Å²) in [6, 6.07) is 8.13. The molecule has 0 unspecified atom stereocenters. The molecule has 0 aliphatic rings. The second kappa shape index (κ2) is 6.26. The number of aryl methyl sites for hydroxylation is 1. The second-order valence-electron chi connectivity index (χ2n) is 4.08. The molecule has 0 amide bonds. The molecule has 1 heterocycles. The van der Waals surface area contributed by atoms with Crippen molar-refractivity contribution in [1.29, 1.82) is 0 Å². The number of rotatable bonds is 4. The SMILES string of the molecule is CCc1nc(Cl)c(C)c(Nc2ccccc2SC)n1. The van der Waals surface area contributed by atoms with Crippen LogP contribution in [0.3, 0.4) is 0 Å². The first-order chi connectivity index (χ1) is 9.15. The largest absolute Gasteiger partial charge is 0.339 e. The molecule has 0 fully saturated rings. The molecular weight excluding hydrogens is 278 g/mol. The summed E-state index contributed by atoms with van der Waals surface area (Å²) in [5.41, 5.74) is 1.91. The van der Waals surface area contributed by atoms with Crippen molar-refractivity contribution in [3.63, 3.8) is 0 Å². The summed E-state index contributed by atoms with van der Waals surface area (Å²) in [5, 5.41) is 3.86. The minimum Gasteiger partial charge on any atom is -0.339 e. The van der Waals surface area contributed by atoms with E-state index in [9.17, 15) is 0 Å². The lowest BCUT2D eigenvalue weighted by atomic mass is 10.3. The average molecular weight is 294 g/mol. The average Bonchev–Trinajstić information content (AvgIpc) is 2.44. The third kappa shape index (κ3) is 3.19. The van der Waals surface area contributed by atoms with Crippen molar-refractivity contribution in [2.24, 2.45) is 0 Å². The van der Waals surface area contributed by atoms with E-state index in [1.807, 2.05) is 32.0 Å². The first-order valence-electron chi connectivity index (χ1n) is 6.08. The molecule has 1 aromatic heterocycles. The molecule has 1 N–H and O–H groups in total. The van der Waals surface area contributed by atoms with Crippen molar-refractivity contribution in [1.82, 2.24) is 9.97 Å². The molecule has 0 aliphatic heterocycles. The highest BCUT2D eigenvalue weighted by Gasteiger charge is 2.10. The lowest BCUT2D eigenvalue weighted by Gasteiger charge is -2.13. The van der Waals surface area contributed by atoms with Crippen LogP contribution in [0, 0.1) is 6.92 Å². The molecule has 2 rings (SSSR count). The van der Waals surface area contributed by atoms with Gasteiger partial charge in [0.25, 0.3) is 0 Å². The van der Waals surface area contributed by atoms with E-state index < -0.39 is 0 Å². The number of nitrogens with zero attached hydrogens (tertiary/aromatic N) is 2. The molecule has 1 aromatic carbocycles. The van der Waals surface area contributed by atoms with Gasteiger partial charge in [-0.25, -0.2) is 9.97 Å². The van der Waals surface area contributed by atoms with Gasteiger partial charge in [-0.3, -0.25) is 0 Å². The van der Waals surface area contributed by atoms with Gasteiger partial charge in [0.2, 0.25) is 0 Å². The van der Waals surface area contributed by atoms with Gasteiger partial charge in [-0.1, -0.05) is 30.7 Å². The fourth-order valence-electron chi connectivity index (χ4n) is 1.69. The number of para-hydroxylation sites is 1. The number of aromatic nitrogens is 2. The van der Waals surface area contributed by atoms with Crippen molar-refractivity contribution in [2.45, 2.75) is 25.2 Å². The predicted octanol–water partition coefficient (Wildman–Crippen LogP) is 4.47. The minimum absolute atomic E-state index is 0.510. The lowest BCUT2D eigenvalue weighted by Crippen LogP contribution is -2.03. The summed E-state index contributed by atoms with van der Waals surface area (Å²) < 4.78 is 0. The molecule has 19 heavy (non-hydrogen) atoms. The molecule has 2 aromatic rings. The van der Waals surface area contributed by atoms with Crippen LogP contribution in [0.15, 0.2) is 29.2 Å². The van der Waals surface area contributed by atoms with E-state index in [4.69, 9.17) is 11.6 Å². The highest BCUT2D eigenvalue weighted by atomic mass is 35.5. The molecule has 0 spiro atoms. The van der Waals surface area contributed by atoms with Crippen LogP contribution in [0.5, 0.6) is 0 Å². The van der Waals surface area contributed by atoms with Crippen molar-refractivity contribution in [3.8, 4) is 0 Å². The van der Waals surface area contributed by atoms with Gasteiger partial charge in [-0.15, -0.1) is 11.8 Å². The van der Waals surface area contributed by atoms with Gasteiger partial charge in [0.1, 0.15) is 16.8 Å². The van der Waals surface area contributed by atoms with Gasteiger partial charge < -0.3 is 5.32 Å². The number of hydrogen-bond acceptors (Lipinski definition) is 4. The highest BCUT2D eigenvalue weighted by molar-refractivity contribution is 7.98. The summed E-state index contributed by atoms with van der Waals surface area (Å²) in [6.45, 7) is 3.94. The smallest absolute Gasteiger partial charge is 0.138 e. The van der Waals surface area contributed by atoms with E-state index in [1.165, 1.54) is 4.90 Å². The maximum absolute atomic E-state index is 6.14. The second-order valence-corrected chi connectivity index (χ2v) is 5.29. The quantitative estimate of drug-likeness (QED) is 0.667. The Morgan fingerprint density at radius 2 is 2.00 bits per heavy atom. The zero-order valence-electron chi connectivity index (χ0n) is 11.2. The Kier molecular flexibility index (Phi) is 4.66. The highest BCUT2D eigenvalue weighted by Crippen LogP contribution is 2.29. The van der Waals surface area contributed by atoms with E-state index in [2.05, 4.69) is 27.6 Å². The van der Waals surface area contributed by atoms with E-state index in [1.54, 1.807) is 11.8 Å². The Morgan fingerprint density at radius 1 is 1.26 bits per heavy atom. The summed E-state index contributed by atoms with van der Waals surface area (Å²) >= 11 is 7.84. The molecule has 0 atom stereocenters. The number of benzene rings is 1. The molecule has 3 nitrogen and oxygen atoms in total. The van der Waals surface area contributed by atoms with Crippen molar-refractivity contribution >= 4 is 34.9 Å². The normalized spacial score (nSPS) is 10.5. The van der Waals surface area contributed by atoms with Gasteiger partial charge in [0, 0.05) is 16.9 Å². The third-order valence-corrected chi connectivity index (χ3v) is 3.97. The fourth-order valence-corrected chi connectivity index (χ4v) is 2.43. The van der Waals surface area contributed by atoms with Crippen LogP contribution < -0.4 is 5.32 Å². The predicted molar refractivity (Wildman–Crippen MR) is 82.7 cm³/mol. The fraction of sp³-hybridized carbons (Fsp3) is 0.286. The minimum atomic E-state index is 0.510. The summed E-state index contributed by atoms with van der Waals surface area (Å²) in [7, 11) is 0. The Hall–Kier alpha value is -1.26. The Balaban J connectivity index is 2.40. The topological polar surface area (TPSA) is 37.8 Å². The van der Waals surface area contributed by atoms with Crippen LogP contribution in [0.25, 0.3) is 0 Å². The van der Waals surface area contributed by atoms with Gasteiger partial charge >= 0.3 is 0 Å². The van der Waals surface area contributed by atoms with Crippen LogP contribution in [0.4, 0.5) is 11.5 Å². The molecule has 0 radical (unpaired) electrons. The molecule has 0 saturated heterocycles. The van der Waals surface area contributed by atoms with Gasteiger partial charge in [-0.05, 0) is 25.3 Å². The zero-order chi connectivity index (χ0) is 13.8. The molecular formula is C14H16ClN3S. The maximum Gasteiger partial charge on any atom is 0.138 e. The molecule has 5 heteroatoms. The van der Waals surface area contributed by atoms with Crippen LogP contribution in [-0.2, 0) is 6.42 Å². The summed E-state index contributed by atoms with van der Waals surface area (Å²) in [4.78, 5) is 9.93. The number of anilines is 2. The number of thioether (sulfide) groups is 1. The summed E-state index contributed by atoms with van der Waals surface area (Å²) in [6.07, 6.45) is 2.82. The van der Waals surface area contributed by atoms with E-state index in [-0.39, 0.29) is 0 Å². The van der Waals surface area contributed by atoms with Crippen LogP contribution in [-0.4, -0.2) is 16.2 Å². The van der Waals surface area contributed by atoms with Gasteiger partial charge in [0.05, 0.1) is 5.69 Å². The van der Waals surface area contributed by atoms with Crippen molar-refractivity contribution < 1.29 is 0 Å². The first-order valence-corrected chi connectivity index (χ1v) is 7.69. The van der Waals surface area contributed by atoms with Crippen LogP contribution in [0.2, 0.25) is 5.15 Å². The monoisotopic (exact) mass is 293 g/mol. The van der Waals surface area contributed by atoms with E-state index in [0.717, 1.165) is 29.3 Å². The van der Waals surface area contributed by atoms with E-state index >= 15 is 0 Å². The molecule has 0 bridgehead atoms. The third-order valence-electron chi connectivity index (χ3n) is 2.81. The first kappa shape index (κ1) is 14.2. The Labute approximate surface area is 122 Å². The zero-order valence-corrected chi connectivity index (χ0v) is 12.8. The van der Waals surface area contributed by atoms with Crippen LogP contribution in [0.1, 0.15) is 18.3 Å². The van der Waals surface area contributed by atoms with Crippen molar-refractivity contribution in [3.05, 3.63) is 40.8 Å². The molecule has 0 saturated carbocycles. The van der Waals surface area contributed by atoms with Gasteiger partial charge in [-0.2, -0.15) is 0 Å². The standard InChI is InChI=1S/C14H16ClN3S/c1-4-12-17-13(15)9(2)14(18-12)16-10-7-5-6-8-11(10)19-3/h5-8H,4H2,1-3H3,(H,16,17,18). The number of nitrogens with one attached hydrogen (secondary N) is 1.